The molecule has 0 radical (unpaired) electrons. The van der Waals surface area contributed by atoms with E-state index in [9.17, 15) is 9.18 Å². The van der Waals surface area contributed by atoms with Crippen molar-refractivity contribution in [3.63, 3.8) is 0 Å². The summed E-state index contributed by atoms with van der Waals surface area (Å²) in [6.45, 7) is 1.92. The average Bonchev–Trinajstić information content (AvgIpc) is 2.85. The highest BCUT2D eigenvalue weighted by Crippen LogP contribution is 2.32. The number of benzene rings is 1. The first-order valence-electron chi connectivity index (χ1n) is 5.28. The molecular formula is C11H8BrFIN3O2. The minimum Gasteiger partial charge on any atom is -0.461 e. The number of nitrogens with one attached hydrogen (secondary N) is 1. The average molecular weight is 440 g/mol. The molecule has 0 atom stereocenters. The topological polar surface area (TPSA) is 67.9 Å². The van der Waals surface area contributed by atoms with Gasteiger partial charge in [-0.05, 0) is 51.5 Å². The molecule has 0 fully saturated rings. The monoisotopic (exact) mass is 439 g/mol. The second-order valence-electron chi connectivity index (χ2n) is 3.46. The minimum atomic E-state index is -0.600. The Bertz CT molecular complexity index is 632. The molecule has 5 nitrogen and oxygen atoms in total. The molecule has 2 rings (SSSR count). The second-order valence-corrected chi connectivity index (χ2v) is 5.42. The van der Waals surface area contributed by atoms with Crippen LogP contribution in [-0.2, 0) is 4.74 Å². The molecular weight excluding hydrogens is 432 g/mol. The van der Waals surface area contributed by atoms with E-state index in [4.69, 9.17) is 4.74 Å². The van der Waals surface area contributed by atoms with Crippen LogP contribution >= 0.6 is 38.5 Å². The molecule has 100 valence electrons. The van der Waals surface area contributed by atoms with Crippen LogP contribution in [0.3, 0.4) is 0 Å². The van der Waals surface area contributed by atoms with Gasteiger partial charge in [-0.25, -0.2) is 9.18 Å². The molecule has 1 aromatic carbocycles. The fraction of sp³-hybridized carbons (Fsp3) is 0.182. The van der Waals surface area contributed by atoms with Gasteiger partial charge >= 0.3 is 5.97 Å². The zero-order chi connectivity index (χ0) is 14.0. The lowest BCUT2D eigenvalue weighted by atomic mass is 10.1. The third-order valence-electron chi connectivity index (χ3n) is 2.31. The number of carbonyl (C=O) groups excluding carboxylic acids is 1. The van der Waals surface area contributed by atoms with Gasteiger partial charge in [-0.1, -0.05) is 6.07 Å². The Hall–Kier alpha value is -1.03. The van der Waals surface area contributed by atoms with Crippen LogP contribution in [0.5, 0.6) is 0 Å². The molecule has 1 aromatic heterocycles. The van der Waals surface area contributed by atoms with E-state index in [0.717, 1.165) is 0 Å². The molecule has 19 heavy (non-hydrogen) atoms. The molecule has 0 saturated carbocycles. The predicted octanol–water partition coefficient (Wildman–Crippen LogP) is 3.15. The number of aromatic nitrogens is 3. The summed E-state index contributed by atoms with van der Waals surface area (Å²) in [5.41, 5.74) is 0.721. The van der Waals surface area contributed by atoms with Crippen molar-refractivity contribution in [3.05, 3.63) is 31.7 Å². The number of carbonyl (C=O) groups is 1. The van der Waals surface area contributed by atoms with Crippen LogP contribution in [0, 0.1) is 9.39 Å². The summed E-state index contributed by atoms with van der Waals surface area (Å²) in [6, 6.07) is 3.26. The molecule has 0 aliphatic rings. The summed E-state index contributed by atoms with van der Waals surface area (Å²) in [4.78, 5) is 11.7. The summed E-state index contributed by atoms with van der Waals surface area (Å²) in [6.07, 6.45) is 0. The maximum atomic E-state index is 13.8. The number of ether oxygens (including phenoxy) is 1. The zero-order valence-corrected chi connectivity index (χ0v) is 13.5. The van der Waals surface area contributed by atoms with Gasteiger partial charge < -0.3 is 4.74 Å². The van der Waals surface area contributed by atoms with Crippen molar-refractivity contribution in [3.8, 4) is 11.3 Å². The summed E-state index contributed by atoms with van der Waals surface area (Å²) in [5.74, 6) is -1.01. The van der Waals surface area contributed by atoms with Crippen molar-refractivity contribution in [1.29, 1.82) is 0 Å². The largest absolute Gasteiger partial charge is 0.461 e. The van der Waals surface area contributed by atoms with E-state index in [1.807, 2.05) is 22.6 Å². The molecule has 0 bridgehead atoms. The fourth-order valence-electron chi connectivity index (χ4n) is 1.47. The third-order valence-corrected chi connectivity index (χ3v) is 3.92. The number of rotatable bonds is 3. The van der Waals surface area contributed by atoms with Crippen molar-refractivity contribution >= 4 is 44.5 Å². The van der Waals surface area contributed by atoms with Crippen LogP contribution < -0.4 is 0 Å². The quantitative estimate of drug-likeness (QED) is 0.453. The van der Waals surface area contributed by atoms with E-state index in [2.05, 4.69) is 31.3 Å². The number of halogens is 3. The van der Waals surface area contributed by atoms with Crippen LogP contribution in [0.1, 0.15) is 17.4 Å². The van der Waals surface area contributed by atoms with Gasteiger partial charge in [0.25, 0.3) is 0 Å². The van der Waals surface area contributed by atoms with Crippen LogP contribution in [0.4, 0.5) is 4.39 Å². The number of nitrogens with zero attached hydrogens (tertiary/aromatic N) is 2. The lowest BCUT2D eigenvalue weighted by molar-refractivity contribution is 0.0520. The zero-order valence-electron chi connectivity index (χ0n) is 9.71. The normalized spacial score (nSPS) is 10.5. The summed E-state index contributed by atoms with van der Waals surface area (Å²) in [7, 11) is 0. The van der Waals surface area contributed by atoms with E-state index in [1.165, 1.54) is 0 Å². The van der Waals surface area contributed by atoms with Gasteiger partial charge in [0.15, 0.2) is 11.5 Å². The van der Waals surface area contributed by atoms with Gasteiger partial charge in [0.2, 0.25) is 0 Å². The Kier molecular flexibility index (Phi) is 4.50. The molecule has 0 aliphatic carbocycles. The molecule has 8 heteroatoms. The van der Waals surface area contributed by atoms with Crippen LogP contribution in [0.15, 0.2) is 16.6 Å². The smallest absolute Gasteiger partial charge is 0.361 e. The van der Waals surface area contributed by atoms with Crippen molar-refractivity contribution in [2.45, 2.75) is 6.92 Å². The third kappa shape index (κ3) is 2.78. The SMILES string of the molecule is CCOC(=O)c1n[nH]nc1-c1ccc(I)c(F)c1Br. The first-order valence-corrected chi connectivity index (χ1v) is 7.15. The summed E-state index contributed by atoms with van der Waals surface area (Å²) in [5, 5.41) is 9.99. The molecule has 2 aromatic rings. The first kappa shape index (κ1) is 14.4. The molecule has 1 heterocycles. The van der Waals surface area contributed by atoms with E-state index < -0.39 is 11.8 Å². The molecule has 0 unspecified atom stereocenters. The van der Waals surface area contributed by atoms with Gasteiger partial charge in [-0.15, -0.1) is 5.10 Å². The Balaban J connectivity index is 2.52. The van der Waals surface area contributed by atoms with Gasteiger partial charge in [-0.2, -0.15) is 10.3 Å². The molecule has 0 aliphatic heterocycles. The maximum absolute atomic E-state index is 13.8. The standard InChI is InChI=1S/C11H8BrFIN3O2/c1-2-19-11(18)10-9(15-17-16-10)5-3-4-6(14)8(13)7(5)12/h3-4H,2H2,1H3,(H,15,16,17). The second kappa shape index (κ2) is 5.95. The van der Waals surface area contributed by atoms with E-state index in [1.54, 1.807) is 19.1 Å². The molecule has 0 amide bonds. The van der Waals surface area contributed by atoms with Gasteiger partial charge in [0.05, 0.1) is 11.1 Å². The lowest BCUT2D eigenvalue weighted by Gasteiger charge is -2.05. The number of esters is 1. The first-order chi connectivity index (χ1) is 9.06. The van der Waals surface area contributed by atoms with Crippen molar-refractivity contribution in [1.82, 2.24) is 15.4 Å². The van der Waals surface area contributed by atoms with Crippen molar-refractivity contribution < 1.29 is 13.9 Å². The Morgan fingerprint density at radius 1 is 1.53 bits per heavy atom. The number of hydrogen-bond acceptors (Lipinski definition) is 4. The Morgan fingerprint density at radius 3 is 2.95 bits per heavy atom. The van der Waals surface area contributed by atoms with Crippen molar-refractivity contribution in [2.24, 2.45) is 0 Å². The maximum Gasteiger partial charge on any atom is 0.361 e. The molecule has 0 saturated heterocycles. The summed E-state index contributed by atoms with van der Waals surface area (Å²) >= 11 is 5.04. The van der Waals surface area contributed by atoms with E-state index in [-0.39, 0.29) is 22.5 Å². The number of hydrogen-bond donors (Lipinski definition) is 1. The van der Waals surface area contributed by atoms with Crippen molar-refractivity contribution in [2.75, 3.05) is 6.61 Å². The Labute approximate surface area is 130 Å². The number of H-pyrrole nitrogens is 1. The van der Waals surface area contributed by atoms with Crippen LogP contribution in [0.2, 0.25) is 0 Å². The fourth-order valence-corrected chi connectivity index (χ4v) is 2.82. The van der Waals surface area contributed by atoms with Gasteiger partial charge in [-0.3, -0.25) is 0 Å². The van der Waals surface area contributed by atoms with Gasteiger partial charge in [0.1, 0.15) is 5.69 Å². The highest BCUT2D eigenvalue weighted by Gasteiger charge is 2.22. The highest BCUT2D eigenvalue weighted by molar-refractivity contribution is 14.1. The van der Waals surface area contributed by atoms with Gasteiger partial charge in [0, 0.05) is 9.13 Å². The van der Waals surface area contributed by atoms with E-state index >= 15 is 0 Å². The number of aromatic amines is 1. The Morgan fingerprint density at radius 2 is 2.26 bits per heavy atom. The lowest BCUT2D eigenvalue weighted by Crippen LogP contribution is -2.07. The molecule has 0 spiro atoms. The highest BCUT2D eigenvalue weighted by atomic mass is 127. The van der Waals surface area contributed by atoms with Crippen LogP contribution in [0.25, 0.3) is 11.3 Å². The summed E-state index contributed by atoms with van der Waals surface area (Å²) < 4.78 is 19.4. The van der Waals surface area contributed by atoms with E-state index in [0.29, 0.717) is 9.13 Å². The molecule has 1 N–H and O–H groups in total. The van der Waals surface area contributed by atoms with Crippen LogP contribution in [-0.4, -0.2) is 28.0 Å². The minimum absolute atomic E-state index is 0.0307. The predicted molar refractivity (Wildman–Crippen MR) is 78.2 cm³/mol.